The van der Waals surface area contributed by atoms with Gasteiger partial charge in [0.15, 0.2) is 8.32 Å². The summed E-state index contributed by atoms with van der Waals surface area (Å²) in [6, 6.07) is -0.927. The molecule has 0 saturated carbocycles. The van der Waals surface area contributed by atoms with Crippen molar-refractivity contribution >= 4 is 20.2 Å². The van der Waals surface area contributed by atoms with Gasteiger partial charge in [0.2, 0.25) is 5.91 Å². The Labute approximate surface area is 131 Å². The molecular weight excluding hydrogens is 304 g/mol. The van der Waals surface area contributed by atoms with E-state index in [1.54, 1.807) is 0 Å². The SMILES string of the molecule is COC(=O)CN1C[C@H](O[Si](C)(C)C(C)(C)C)[C@H](N=[N+]=[N-])C1=O. The first-order valence-corrected chi connectivity index (χ1v) is 10.0. The van der Waals surface area contributed by atoms with E-state index < -0.39 is 32.3 Å². The molecule has 1 aliphatic rings. The zero-order valence-electron chi connectivity index (χ0n) is 14.0. The molecule has 0 N–H and O–H groups in total. The van der Waals surface area contributed by atoms with Crippen molar-refractivity contribution in [1.29, 1.82) is 0 Å². The van der Waals surface area contributed by atoms with Crippen LogP contribution in [0.25, 0.3) is 10.4 Å². The molecule has 0 aromatic rings. The van der Waals surface area contributed by atoms with Gasteiger partial charge in [-0.1, -0.05) is 25.9 Å². The fourth-order valence-electron chi connectivity index (χ4n) is 1.95. The highest BCUT2D eigenvalue weighted by Gasteiger charge is 2.47. The predicted octanol–water partition coefficient (Wildman–Crippen LogP) is 2.07. The molecular formula is C13H24N4O4Si. The summed E-state index contributed by atoms with van der Waals surface area (Å²) >= 11 is 0. The number of esters is 1. The highest BCUT2D eigenvalue weighted by atomic mass is 28.4. The summed E-state index contributed by atoms with van der Waals surface area (Å²) in [5.41, 5.74) is 8.69. The number of carbonyl (C=O) groups excluding carboxylic acids is 2. The van der Waals surface area contributed by atoms with E-state index in [1.807, 2.05) is 0 Å². The van der Waals surface area contributed by atoms with Gasteiger partial charge in [-0.3, -0.25) is 9.59 Å². The summed E-state index contributed by atoms with van der Waals surface area (Å²) in [6.07, 6.45) is -0.533. The molecule has 0 aromatic carbocycles. The van der Waals surface area contributed by atoms with Crippen molar-refractivity contribution in [1.82, 2.24) is 4.90 Å². The molecule has 9 heteroatoms. The first-order valence-electron chi connectivity index (χ1n) is 7.11. The third-order valence-corrected chi connectivity index (χ3v) is 8.80. The van der Waals surface area contributed by atoms with E-state index in [0.717, 1.165) is 0 Å². The fourth-order valence-corrected chi connectivity index (χ4v) is 3.27. The molecule has 1 fully saturated rings. The van der Waals surface area contributed by atoms with Crippen LogP contribution >= 0.6 is 0 Å². The molecule has 1 saturated heterocycles. The maximum absolute atomic E-state index is 12.3. The lowest BCUT2D eigenvalue weighted by atomic mass is 10.2. The Morgan fingerprint density at radius 1 is 1.50 bits per heavy atom. The average molecular weight is 328 g/mol. The molecule has 124 valence electrons. The van der Waals surface area contributed by atoms with Crippen molar-refractivity contribution < 1.29 is 18.8 Å². The second-order valence-electron chi connectivity index (χ2n) is 6.86. The summed E-state index contributed by atoms with van der Waals surface area (Å²) in [5, 5.41) is 3.54. The van der Waals surface area contributed by atoms with Crippen LogP contribution in [0.3, 0.4) is 0 Å². The van der Waals surface area contributed by atoms with Crippen molar-refractivity contribution in [2.45, 2.75) is 51.0 Å². The van der Waals surface area contributed by atoms with Crippen LogP contribution in [0.1, 0.15) is 20.8 Å². The molecule has 1 heterocycles. The van der Waals surface area contributed by atoms with E-state index in [-0.39, 0.29) is 18.1 Å². The van der Waals surface area contributed by atoms with E-state index in [4.69, 9.17) is 9.96 Å². The quantitative estimate of drug-likeness (QED) is 0.253. The monoisotopic (exact) mass is 328 g/mol. The fraction of sp³-hybridized carbons (Fsp3) is 0.846. The highest BCUT2D eigenvalue weighted by molar-refractivity contribution is 6.74. The van der Waals surface area contributed by atoms with E-state index in [1.165, 1.54) is 12.0 Å². The van der Waals surface area contributed by atoms with Gasteiger partial charge in [-0.2, -0.15) is 0 Å². The molecule has 0 bridgehead atoms. The van der Waals surface area contributed by atoms with Crippen LogP contribution in [0.4, 0.5) is 0 Å². The summed E-state index contributed by atoms with van der Waals surface area (Å²) < 4.78 is 10.8. The van der Waals surface area contributed by atoms with Gasteiger partial charge in [0.05, 0.1) is 13.2 Å². The van der Waals surface area contributed by atoms with Crippen LogP contribution in [0, 0.1) is 0 Å². The smallest absolute Gasteiger partial charge is 0.325 e. The van der Waals surface area contributed by atoms with Gasteiger partial charge < -0.3 is 14.1 Å². The summed E-state index contributed by atoms with van der Waals surface area (Å²) in [6.45, 7) is 10.5. The largest absolute Gasteiger partial charge is 0.468 e. The Hall–Kier alpha value is -1.57. The van der Waals surface area contributed by atoms with Gasteiger partial charge in [0.25, 0.3) is 0 Å². The number of rotatable bonds is 5. The highest BCUT2D eigenvalue weighted by Crippen LogP contribution is 2.38. The molecule has 1 amide bonds. The molecule has 22 heavy (non-hydrogen) atoms. The number of hydrogen-bond donors (Lipinski definition) is 0. The Kier molecular flexibility index (Phi) is 5.61. The Morgan fingerprint density at radius 2 is 2.09 bits per heavy atom. The number of hydrogen-bond acceptors (Lipinski definition) is 5. The minimum atomic E-state index is -2.13. The Bertz CT molecular complexity index is 497. The zero-order chi connectivity index (χ0) is 17.1. The molecule has 8 nitrogen and oxygen atoms in total. The van der Waals surface area contributed by atoms with Gasteiger partial charge in [0, 0.05) is 11.5 Å². The normalized spacial score (nSPS) is 22.5. The molecule has 0 unspecified atom stereocenters. The standard InChI is InChI=1S/C13H24N4O4Si/c1-13(2,3)22(5,6)21-9-7-17(8-10(18)20-4)12(19)11(9)15-16-14/h9,11H,7-8H2,1-6H3/t9-,11-/m0/s1. The van der Waals surface area contributed by atoms with Gasteiger partial charge in [0.1, 0.15) is 12.6 Å². The van der Waals surface area contributed by atoms with Crippen molar-refractivity contribution in [3.63, 3.8) is 0 Å². The average Bonchev–Trinajstić information content (AvgIpc) is 2.66. The van der Waals surface area contributed by atoms with E-state index in [9.17, 15) is 9.59 Å². The van der Waals surface area contributed by atoms with Crippen LogP contribution in [0.5, 0.6) is 0 Å². The molecule has 1 aliphatic heterocycles. The van der Waals surface area contributed by atoms with Gasteiger partial charge in [-0.05, 0) is 23.7 Å². The molecule has 0 spiro atoms. The second-order valence-corrected chi connectivity index (χ2v) is 11.6. The van der Waals surface area contributed by atoms with Crippen LogP contribution in [0.15, 0.2) is 5.11 Å². The van der Waals surface area contributed by atoms with Crippen LogP contribution < -0.4 is 0 Å². The first-order chi connectivity index (χ1) is 10.0. The predicted molar refractivity (Wildman–Crippen MR) is 83.6 cm³/mol. The zero-order valence-corrected chi connectivity index (χ0v) is 15.0. The Balaban J connectivity index is 2.95. The number of carbonyl (C=O) groups is 2. The van der Waals surface area contributed by atoms with Crippen LogP contribution in [-0.4, -0.2) is 57.4 Å². The summed E-state index contributed by atoms with van der Waals surface area (Å²) in [5.74, 6) is -0.909. The lowest BCUT2D eigenvalue weighted by Crippen LogP contribution is -2.46. The van der Waals surface area contributed by atoms with Crippen molar-refractivity contribution in [3.8, 4) is 0 Å². The van der Waals surface area contributed by atoms with Crippen molar-refractivity contribution in [2.24, 2.45) is 5.11 Å². The van der Waals surface area contributed by atoms with E-state index in [0.29, 0.717) is 0 Å². The van der Waals surface area contributed by atoms with E-state index >= 15 is 0 Å². The maximum Gasteiger partial charge on any atom is 0.325 e. The van der Waals surface area contributed by atoms with Gasteiger partial charge >= 0.3 is 5.97 Å². The summed E-state index contributed by atoms with van der Waals surface area (Å²) in [4.78, 5) is 27.7. The minimum absolute atomic E-state index is 0.0350. The van der Waals surface area contributed by atoms with Gasteiger partial charge in [-0.15, -0.1) is 0 Å². The van der Waals surface area contributed by atoms with Gasteiger partial charge in [-0.25, -0.2) is 0 Å². The number of amides is 1. The first kappa shape index (κ1) is 18.5. The number of likely N-dealkylation sites (tertiary alicyclic amines) is 1. The molecule has 0 aromatic heterocycles. The van der Waals surface area contributed by atoms with Crippen molar-refractivity contribution in [2.75, 3.05) is 20.2 Å². The molecule has 0 aliphatic carbocycles. The number of ether oxygens (including phenoxy) is 1. The molecule has 0 radical (unpaired) electrons. The third kappa shape index (κ3) is 4.00. The van der Waals surface area contributed by atoms with E-state index in [2.05, 4.69) is 48.6 Å². The maximum atomic E-state index is 12.3. The number of nitrogens with zero attached hydrogens (tertiary/aromatic N) is 4. The Morgan fingerprint density at radius 3 is 2.55 bits per heavy atom. The minimum Gasteiger partial charge on any atom is -0.468 e. The molecule has 2 atom stereocenters. The molecule has 1 rings (SSSR count). The van der Waals surface area contributed by atoms with Crippen molar-refractivity contribution in [3.05, 3.63) is 10.4 Å². The van der Waals surface area contributed by atoms with Crippen LogP contribution in [0.2, 0.25) is 18.1 Å². The van der Waals surface area contributed by atoms with Crippen LogP contribution in [-0.2, 0) is 18.8 Å². The lowest BCUT2D eigenvalue weighted by Gasteiger charge is -2.38. The third-order valence-electron chi connectivity index (χ3n) is 4.29. The lowest BCUT2D eigenvalue weighted by molar-refractivity contribution is -0.145. The number of azide groups is 1. The topological polar surface area (TPSA) is 105 Å². The number of methoxy groups -OCH3 is 1. The summed E-state index contributed by atoms with van der Waals surface area (Å²) in [7, 11) is -0.865. The second kappa shape index (κ2) is 6.68.